The number of benzene rings is 3. The zero-order valence-electron chi connectivity index (χ0n) is 14.8. The van der Waals surface area contributed by atoms with Crippen LogP contribution in [0.2, 0.25) is 10.0 Å². The Morgan fingerprint density at radius 3 is 2.21 bits per heavy atom. The summed E-state index contributed by atoms with van der Waals surface area (Å²) in [6, 6.07) is 19.1. The Balaban J connectivity index is 1.81. The van der Waals surface area contributed by atoms with Gasteiger partial charge >= 0.3 is 0 Å². The summed E-state index contributed by atoms with van der Waals surface area (Å²) < 4.78 is 26.7. The Kier molecular flexibility index (Phi) is 5.93. The first-order valence-corrected chi connectivity index (χ1v) is 10.4. The molecule has 1 amide bonds. The molecule has 0 fully saturated rings. The van der Waals surface area contributed by atoms with Gasteiger partial charge in [0.15, 0.2) is 0 Å². The number of anilines is 2. The highest BCUT2D eigenvalue weighted by molar-refractivity contribution is 7.92. The van der Waals surface area contributed by atoms with E-state index in [-0.39, 0.29) is 10.5 Å². The zero-order chi connectivity index (χ0) is 20.3. The fourth-order valence-corrected chi connectivity index (χ4v) is 4.03. The van der Waals surface area contributed by atoms with Crippen LogP contribution in [0.25, 0.3) is 0 Å². The molecule has 5 nitrogen and oxygen atoms in total. The number of rotatable bonds is 5. The Bertz CT molecular complexity index is 1100. The minimum Gasteiger partial charge on any atom is -0.321 e. The normalized spacial score (nSPS) is 11.1. The summed E-state index contributed by atoms with van der Waals surface area (Å²) in [5.41, 5.74) is 1.21. The fraction of sp³-hybridized carbons (Fsp3) is 0.0500. The summed E-state index contributed by atoms with van der Waals surface area (Å²) in [5, 5.41) is 3.44. The van der Waals surface area contributed by atoms with E-state index in [4.69, 9.17) is 23.2 Å². The van der Waals surface area contributed by atoms with Gasteiger partial charge in [0.05, 0.1) is 21.3 Å². The summed E-state index contributed by atoms with van der Waals surface area (Å²) >= 11 is 12.0. The molecular formula is C20H16Cl2N2O3S. The molecular weight excluding hydrogens is 419 g/mol. The van der Waals surface area contributed by atoms with Crippen molar-refractivity contribution in [3.63, 3.8) is 0 Å². The molecule has 0 aliphatic heterocycles. The Hall–Kier alpha value is -2.54. The molecule has 0 aromatic heterocycles. The molecule has 0 saturated heterocycles. The van der Waals surface area contributed by atoms with E-state index in [1.807, 2.05) is 6.07 Å². The molecule has 3 aromatic carbocycles. The van der Waals surface area contributed by atoms with Crippen LogP contribution in [0, 0.1) is 0 Å². The molecule has 0 saturated carbocycles. The number of nitrogens with zero attached hydrogens (tertiary/aromatic N) is 1. The van der Waals surface area contributed by atoms with E-state index >= 15 is 0 Å². The largest absolute Gasteiger partial charge is 0.321 e. The van der Waals surface area contributed by atoms with Crippen LogP contribution >= 0.6 is 23.2 Å². The predicted octanol–water partition coefficient (Wildman–Crippen LogP) is 5.07. The van der Waals surface area contributed by atoms with Crippen molar-refractivity contribution < 1.29 is 13.2 Å². The van der Waals surface area contributed by atoms with Gasteiger partial charge in [-0.05, 0) is 54.6 Å². The summed E-state index contributed by atoms with van der Waals surface area (Å²) in [5.74, 6) is -0.426. The number of carbonyl (C=O) groups excluding carboxylic acids is 1. The first-order valence-electron chi connectivity index (χ1n) is 8.19. The highest BCUT2D eigenvalue weighted by Crippen LogP contribution is 2.26. The molecule has 3 aromatic rings. The minimum atomic E-state index is -3.74. The van der Waals surface area contributed by atoms with Gasteiger partial charge in [-0.3, -0.25) is 9.10 Å². The van der Waals surface area contributed by atoms with Gasteiger partial charge in [-0.15, -0.1) is 0 Å². The van der Waals surface area contributed by atoms with Gasteiger partial charge in [-0.2, -0.15) is 0 Å². The van der Waals surface area contributed by atoms with E-state index in [2.05, 4.69) is 5.32 Å². The molecule has 0 aliphatic carbocycles. The molecule has 0 aliphatic rings. The average molecular weight is 435 g/mol. The first kappa shape index (κ1) is 20.2. The van der Waals surface area contributed by atoms with Crippen molar-refractivity contribution in [1.29, 1.82) is 0 Å². The van der Waals surface area contributed by atoms with Crippen molar-refractivity contribution in [3.05, 3.63) is 88.4 Å². The maximum atomic E-state index is 12.8. The summed E-state index contributed by atoms with van der Waals surface area (Å²) in [6.45, 7) is 0. The van der Waals surface area contributed by atoms with Crippen molar-refractivity contribution in [2.24, 2.45) is 0 Å². The van der Waals surface area contributed by atoms with E-state index in [0.717, 1.165) is 0 Å². The standard InChI is InChI=1S/C20H16Cl2N2O3S/c1-24(16-5-3-2-4-6-16)28(26,27)17-10-7-14(8-11-17)20(25)23-19-13-15(21)9-12-18(19)22/h2-13H,1H3,(H,23,25). The van der Waals surface area contributed by atoms with Crippen LogP contribution in [0.15, 0.2) is 77.7 Å². The van der Waals surface area contributed by atoms with E-state index < -0.39 is 15.9 Å². The Morgan fingerprint density at radius 1 is 0.929 bits per heavy atom. The quantitative estimate of drug-likeness (QED) is 0.609. The zero-order valence-corrected chi connectivity index (χ0v) is 17.1. The molecule has 1 N–H and O–H groups in total. The van der Waals surface area contributed by atoms with Gasteiger partial charge in [0.25, 0.3) is 15.9 Å². The van der Waals surface area contributed by atoms with Crippen LogP contribution in [0.4, 0.5) is 11.4 Å². The highest BCUT2D eigenvalue weighted by Gasteiger charge is 2.21. The number of nitrogens with one attached hydrogen (secondary N) is 1. The molecule has 28 heavy (non-hydrogen) atoms. The molecule has 0 bridgehead atoms. The van der Waals surface area contributed by atoms with E-state index in [9.17, 15) is 13.2 Å². The topological polar surface area (TPSA) is 66.5 Å². The lowest BCUT2D eigenvalue weighted by Gasteiger charge is -2.19. The molecule has 0 heterocycles. The molecule has 0 spiro atoms. The number of carbonyl (C=O) groups is 1. The lowest BCUT2D eigenvalue weighted by Crippen LogP contribution is -2.26. The number of para-hydroxylation sites is 1. The smallest absolute Gasteiger partial charge is 0.264 e. The maximum Gasteiger partial charge on any atom is 0.264 e. The predicted molar refractivity (Wildman–Crippen MR) is 113 cm³/mol. The summed E-state index contributed by atoms with van der Waals surface area (Å²) in [6.07, 6.45) is 0. The second-order valence-corrected chi connectivity index (χ2v) is 8.72. The third-order valence-electron chi connectivity index (χ3n) is 4.07. The van der Waals surface area contributed by atoms with Gasteiger partial charge in [0.1, 0.15) is 0 Å². The van der Waals surface area contributed by atoms with Gasteiger partial charge in [0, 0.05) is 17.6 Å². The van der Waals surface area contributed by atoms with Crippen LogP contribution in [0.3, 0.4) is 0 Å². The van der Waals surface area contributed by atoms with Crippen LogP contribution in [0.5, 0.6) is 0 Å². The van der Waals surface area contributed by atoms with Crippen molar-refractivity contribution >= 4 is 50.5 Å². The first-order chi connectivity index (χ1) is 13.3. The van der Waals surface area contributed by atoms with Crippen LogP contribution in [-0.4, -0.2) is 21.4 Å². The maximum absolute atomic E-state index is 12.8. The lowest BCUT2D eigenvalue weighted by atomic mass is 10.2. The van der Waals surface area contributed by atoms with Crippen LogP contribution in [-0.2, 0) is 10.0 Å². The number of halogens is 2. The fourth-order valence-electron chi connectivity index (χ4n) is 2.50. The summed E-state index contributed by atoms with van der Waals surface area (Å²) in [4.78, 5) is 12.5. The highest BCUT2D eigenvalue weighted by atomic mass is 35.5. The second-order valence-electron chi connectivity index (χ2n) is 5.91. The number of amides is 1. The second kappa shape index (κ2) is 8.22. The van der Waals surface area contributed by atoms with Gasteiger partial charge < -0.3 is 5.32 Å². The molecule has 0 radical (unpaired) electrons. The average Bonchev–Trinajstić information content (AvgIpc) is 2.71. The third kappa shape index (κ3) is 4.30. The van der Waals surface area contributed by atoms with Gasteiger partial charge in [-0.25, -0.2) is 8.42 Å². The Morgan fingerprint density at radius 2 is 1.57 bits per heavy atom. The lowest BCUT2D eigenvalue weighted by molar-refractivity contribution is 0.102. The van der Waals surface area contributed by atoms with Crippen LogP contribution in [0.1, 0.15) is 10.4 Å². The number of sulfonamides is 1. The molecule has 8 heteroatoms. The summed E-state index contributed by atoms with van der Waals surface area (Å²) in [7, 11) is -2.26. The van der Waals surface area contributed by atoms with Crippen molar-refractivity contribution in [2.75, 3.05) is 16.7 Å². The van der Waals surface area contributed by atoms with E-state index in [1.165, 1.54) is 41.7 Å². The number of hydrogen-bond acceptors (Lipinski definition) is 3. The minimum absolute atomic E-state index is 0.0798. The monoisotopic (exact) mass is 434 g/mol. The third-order valence-corrected chi connectivity index (χ3v) is 6.44. The Labute approximate surface area is 173 Å². The van der Waals surface area contributed by atoms with Crippen LogP contribution < -0.4 is 9.62 Å². The molecule has 0 unspecified atom stereocenters. The molecule has 0 atom stereocenters. The molecule has 3 rings (SSSR count). The molecule has 144 valence electrons. The van der Waals surface area contributed by atoms with Crippen molar-refractivity contribution in [2.45, 2.75) is 4.90 Å². The van der Waals surface area contributed by atoms with Gasteiger partial charge in [0.2, 0.25) is 0 Å². The van der Waals surface area contributed by atoms with Crippen molar-refractivity contribution in [3.8, 4) is 0 Å². The number of hydrogen-bond donors (Lipinski definition) is 1. The van der Waals surface area contributed by atoms with Gasteiger partial charge in [-0.1, -0.05) is 41.4 Å². The van der Waals surface area contributed by atoms with Crippen molar-refractivity contribution in [1.82, 2.24) is 0 Å². The van der Waals surface area contributed by atoms with E-state index in [1.54, 1.807) is 36.4 Å². The van der Waals surface area contributed by atoms with E-state index in [0.29, 0.717) is 21.4 Å². The SMILES string of the molecule is CN(c1ccccc1)S(=O)(=O)c1ccc(C(=O)Nc2cc(Cl)ccc2Cl)cc1.